The molecule has 2 unspecified atom stereocenters. The SMILES string of the molecule is CC(ONC(C(=O)O)c1ccccc1)c1ccccc1. The molecule has 0 aliphatic heterocycles. The van der Waals surface area contributed by atoms with E-state index >= 15 is 0 Å². The molecule has 0 fully saturated rings. The first-order valence-electron chi connectivity index (χ1n) is 6.42. The summed E-state index contributed by atoms with van der Waals surface area (Å²) < 4.78 is 0. The van der Waals surface area contributed by atoms with Crippen molar-refractivity contribution in [3.63, 3.8) is 0 Å². The van der Waals surface area contributed by atoms with E-state index in [1.807, 2.05) is 43.3 Å². The molecule has 2 aromatic rings. The Bertz CT molecular complexity index is 542. The first-order valence-corrected chi connectivity index (χ1v) is 6.42. The predicted molar refractivity (Wildman–Crippen MR) is 75.9 cm³/mol. The van der Waals surface area contributed by atoms with Crippen LogP contribution in [0.2, 0.25) is 0 Å². The number of carbonyl (C=O) groups is 1. The Kier molecular flexibility index (Phi) is 4.87. The maximum absolute atomic E-state index is 11.3. The van der Waals surface area contributed by atoms with Gasteiger partial charge in [0, 0.05) is 0 Å². The maximum Gasteiger partial charge on any atom is 0.327 e. The van der Waals surface area contributed by atoms with Crippen LogP contribution in [0, 0.1) is 0 Å². The van der Waals surface area contributed by atoms with Gasteiger partial charge in [0.2, 0.25) is 0 Å². The third-order valence-corrected chi connectivity index (χ3v) is 3.01. The summed E-state index contributed by atoms with van der Waals surface area (Å²) in [4.78, 5) is 16.8. The Morgan fingerprint density at radius 3 is 2.00 bits per heavy atom. The van der Waals surface area contributed by atoms with Gasteiger partial charge in [0.25, 0.3) is 0 Å². The van der Waals surface area contributed by atoms with Crippen LogP contribution < -0.4 is 5.48 Å². The fraction of sp³-hybridized carbons (Fsp3) is 0.188. The normalized spacial score (nSPS) is 13.7. The summed E-state index contributed by atoms with van der Waals surface area (Å²) in [5.74, 6) is -0.975. The van der Waals surface area contributed by atoms with Gasteiger partial charge >= 0.3 is 5.97 Å². The largest absolute Gasteiger partial charge is 0.480 e. The molecule has 0 saturated carbocycles. The van der Waals surface area contributed by atoms with Crippen LogP contribution in [-0.2, 0) is 9.63 Å². The van der Waals surface area contributed by atoms with Crippen LogP contribution >= 0.6 is 0 Å². The molecule has 2 atom stereocenters. The smallest absolute Gasteiger partial charge is 0.327 e. The Morgan fingerprint density at radius 2 is 1.50 bits per heavy atom. The van der Waals surface area contributed by atoms with Gasteiger partial charge in [-0.3, -0.25) is 9.63 Å². The van der Waals surface area contributed by atoms with E-state index in [4.69, 9.17) is 4.84 Å². The summed E-state index contributed by atoms with van der Waals surface area (Å²) in [5, 5.41) is 9.27. The van der Waals surface area contributed by atoms with Crippen molar-refractivity contribution in [2.45, 2.75) is 19.1 Å². The summed E-state index contributed by atoms with van der Waals surface area (Å²) in [5.41, 5.74) is 4.27. The van der Waals surface area contributed by atoms with Crippen LogP contribution in [0.5, 0.6) is 0 Å². The highest BCUT2D eigenvalue weighted by Crippen LogP contribution is 2.18. The number of benzene rings is 2. The first kappa shape index (κ1) is 14.2. The number of hydroxylamine groups is 1. The average molecular weight is 271 g/mol. The van der Waals surface area contributed by atoms with E-state index in [0.29, 0.717) is 5.56 Å². The minimum Gasteiger partial charge on any atom is -0.480 e. The van der Waals surface area contributed by atoms with Gasteiger partial charge in [-0.05, 0) is 18.1 Å². The second-order valence-electron chi connectivity index (χ2n) is 4.47. The predicted octanol–water partition coefficient (Wildman–Crippen LogP) is 3.09. The molecule has 4 nitrogen and oxygen atoms in total. The molecule has 4 heteroatoms. The van der Waals surface area contributed by atoms with Gasteiger partial charge in [0.05, 0.1) is 0 Å². The molecule has 0 spiro atoms. The van der Waals surface area contributed by atoms with Crippen LogP contribution in [0.15, 0.2) is 60.7 Å². The second-order valence-corrected chi connectivity index (χ2v) is 4.47. The zero-order valence-corrected chi connectivity index (χ0v) is 11.2. The molecule has 0 aliphatic rings. The zero-order chi connectivity index (χ0) is 14.4. The van der Waals surface area contributed by atoms with Gasteiger partial charge in [0.15, 0.2) is 6.04 Å². The summed E-state index contributed by atoms with van der Waals surface area (Å²) in [6.07, 6.45) is -0.234. The van der Waals surface area contributed by atoms with Crippen LogP contribution in [0.1, 0.15) is 30.2 Å². The molecule has 0 radical (unpaired) electrons. The minimum atomic E-state index is -0.975. The number of hydrogen-bond donors (Lipinski definition) is 2. The lowest BCUT2D eigenvalue weighted by Gasteiger charge is -2.19. The van der Waals surface area contributed by atoms with Crippen molar-refractivity contribution in [2.24, 2.45) is 0 Å². The molecule has 0 saturated heterocycles. The van der Waals surface area contributed by atoms with Gasteiger partial charge in [-0.15, -0.1) is 0 Å². The lowest BCUT2D eigenvalue weighted by molar-refractivity contribution is -0.146. The number of rotatable bonds is 6. The summed E-state index contributed by atoms with van der Waals surface area (Å²) in [6.45, 7) is 1.87. The molecule has 104 valence electrons. The van der Waals surface area contributed by atoms with Crippen LogP contribution in [0.25, 0.3) is 0 Å². The highest BCUT2D eigenvalue weighted by Gasteiger charge is 2.20. The molecule has 2 aromatic carbocycles. The van der Waals surface area contributed by atoms with Crippen molar-refractivity contribution >= 4 is 5.97 Å². The van der Waals surface area contributed by atoms with Gasteiger partial charge in [-0.1, -0.05) is 60.7 Å². The van der Waals surface area contributed by atoms with Crippen molar-refractivity contribution < 1.29 is 14.7 Å². The van der Waals surface area contributed by atoms with Gasteiger partial charge in [-0.25, -0.2) is 0 Å². The molecule has 2 rings (SSSR count). The van der Waals surface area contributed by atoms with Crippen LogP contribution in [-0.4, -0.2) is 11.1 Å². The lowest BCUT2D eigenvalue weighted by Crippen LogP contribution is -2.29. The Labute approximate surface area is 118 Å². The summed E-state index contributed by atoms with van der Waals surface area (Å²) in [7, 11) is 0. The van der Waals surface area contributed by atoms with Gasteiger partial charge in [-0.2, -0.15) is 5.48 Å². The second kappa shape index (κ2) is 6.84. The molecule has 20 heavy (non-hydrogen) atoms. The first-order chi connectivity index (χ1) is 9.68. The number of carboxylic acid groups (broad SMARTS) is 1. The summed E-state index contributed by atoms with van der Waals surface area (Å²) in [6, 6.07) is 17.7. The molecule has 0 aliphatic carbocycles. The van der Waals surface area contributed by atoms with Gasteiger partial charge in [0.1, 0.15) is 6.10 Å². The molecule has 0 heterocycles. The van der Waals surface area contributed by atoms with E-state index in [2.05, 4.69) is 5.48 Å². The third-order valence-electron chi connectivity index (χ3n) is 3.01. The molecule has 0 aromatic heterocycles. The summed E-state index contributed by atoms with van der Waals surface area (Å²) >= 11 is 0. The highest BCUT2D eigenvalue weighted by molar-refractivity contribution is 5.75. The molecule has 2 N–H and O–H groups in total. The van der Waals surface area contributed by atoms with Gasteiger partial charge < -0.3 is 5.11 Å². The Morgan fingerprint density at radius 1 is 1.00 bits per heavy atom. The van der Waals surface area contributed by atoms with E-state index in [9.17, 15) is 9.90 Å². The fourth-order valence-corrected chi connectivity index (χ4v) is 1.87. The number of carboxylic acids is 1. The third kappa shape index (κ3) is 3.66. The van der Waals surface area contributed by atoms with Crippen molar-refractivity contribution in [3.05, 3.63) is 71.8 Å². The van der Waals surface area contributed by atoms with Crippen molar-refractivity contribution in [1.29, 1.82) is 0 Å². The van der Waals surface area contributed by atoms with E-state index in [1.54, 1.807) is 24.3 Å². The van der Waals surface area contributed by atoms with E-state index in [0.717, 1.165) is 5.56 Å². The molecule has 0 bridgehead atoms. The zero-order valence-electron chi connectivity index (χ0n) is 11.2. The number of aliphatic carboxylic acids is 1. The number of nitrogens with one attached hydrogen (secondary N) is 1. The monoisotopic (exact) mass is 271 g/mol. The Hall–Kier alpha value is -2.17. The molecule has 0 amide bonds. The van der Waals surface area contributed by atoms with Crippen molar-refractivity contribution in [2.75, 3.05) is 0 Å². The van der Waals surface area contributed by atoms with Crippen molar-refractivity contribution in [3.8, 4) is 0 Å². The van der Waals surface area contributed by atoms with Crippen LogP contribution in [0.3, 0.4) is 0 Å². The van der Waals surface area contributed by atoms with E-state index in [1.165, 1.54) is 0 Å². The van der Waals surface area contributed by atoms with E-state index in [-0.39, 0.29) is 6.10 Å². The quantitative estimate of drug-likeness (QED) is 0.793. The maximum atomic E-state index is 11.3. The minimum absolute atomic E-state index is 0.234. The number of hydrogen-bond acceptors (Lipinski definition) is 3. The fourth-order valence-electron chi connectivity index (χ4n) is 1.87. The van der Waals surface area contributed by atoms with Crippen molar-refractivity contribution in [1.82, 2.24) is 5.48 Å². The van der Waals surface area contributed by atoms with E-state index < -0.39 is 12.0 Å². The molecular formula is C16H17NO3. The standard InChI is InChI=1S/C16H17NO3/c1-12(13-8-4-2-5-9-13)20-17-15(16(18)19)14-10-6-3-7-11-14/h2-12,15,17H,1H3,(H,18,19). The lowest BCUT2D eigenvalue weighted by atomic mass is 10.1. The Balaban J connectivity index is 2.02. The molecular weight excluding hydrogens is 254 g/mol. The topological polar surface area (TPSA) is 58.6 Å². The highest BCUT2D eigenvalue weighted by atomic mass is 16.7. The average Bonchev–Trinajstić information content (AvgIpc) is 2.49. The van der Waals surface area contributed by atoms with Crippen LogP contribution in [0.4, 0.5) is 0 Å².